The molecule has 0 radical (unpaired) electrons. The fourth-order valence-electron chi connectivity index (χ4n) is 1.18. The lowest BCUT2D eigenvalue weighted by atomic mass is 9.99. The topological polar surface area (TPSA) is 74.6 Å². The Balaban J connectivity index is 3.41. The second-order valence-corrected chi connectivity index (χ2v) is 4.14. The summed E-state index contributed by atoms with van der Waals surface area (Å²) in [5.74, 6) is -4.89. The Morgan fingerprint density at radius 1 is 1.00 bits per heavy atom. The number of aliphatic carboxylic acids is 2. The molecule has 0 aromatic heterocycles. The predicted molar refractivity (Wildman–Crippen MR) is 59.5 cm³/mol. The molecule has 0 fully saturated rings. The molecule has 0 bridgehead atoms. The monoisotopic (exact) mass is 282 g/mol. The summed E-state index contributed by atoms with van der Waals surface area (Å²) in [6.45, 7) is 0. The highest BCUT2D eigenvalue weighted by atomic mass is 35.5. The number of rotatable bonds is 3. The van der Waals surface area contributed by atoms with Crippen LogP contribution in [0.4, 0.5) is 0 Å². The van der Waals surface area contributed by atoms with Crippen LogP contribution in [0.1, 0.15) is 11.5 Å². The molecule has 0 aliphatic carbocycles. The zero-order chi connectivity index (χ0) is 12.5. The summed E-state index contributed by atoms with van der Waals surface area (Å²) in [6, 6.07) is 2.48. The molecule has 0 unspecified atom stereocenters. The van der Waals surface area contributed by atoms with Gasteiger partial charge in [-0.15, -0.1) is 0 Å². The maximum atomic E-state index is 10.8. The van der Waals surface area contributed by atoms with Crippen LogP contribution < -0.4 is 0 Å². The minimum absolute atomic E-state index is 0.0905. The molecule has 7 heteroatoms. The largest absolute Gasteiger partial charge is 0.480 e. The maximum Gasteiger partial charge on any atom is 0.322 e. The van der Waals surface area contributed by atoms with Crippen LogP contribution in [0.15, 0.2) is 12.1 Å². The van der Waals surface area contributed by atoms with Crippen LogP contribution in [0, 0.1) is 0 Å². The molecular formula is C9H5Cl3O4. The van der Waals surface area contributed by atoms with E-state index >= 15 is 0 Å². The Morgan fingerprint density at radius 2 is 1.38 bits per heavy atom. The van der Waals surface area contributed by atoms with E-state index in [9.17, 15) is 9.59 Å². The van der Waals surface area contributed by atoms with E-state index in [1.165, 1.54) is 12.1 Å². The lowest BCUT2D eigenvalue weighted by Gasteiger charge is -2.12. The molecule has 0 saturated carbocycles. The molecule has 0 aliphatic rings. The van der Waals surface area contributed by atoms with Crippen LogP contribution in [0.5, 0.6) is 0 Å². The van der Waals surface area contributed by atoms with Crippen molar-refractivity contribution >= 4 is 46.7 Å². The van der Waals surface area contributed by atoms with Gasteiger partial charge < -0.3 is 10.2 Å². The number of carbonyl (C=O) groups is 2. The van der Waals surface area contributed by atoms with E-state index in [-0.39, 0.29) is 20.6 Å². The van der Waals surface area contributed by atoms with Gasteiger partial charge in [0.15, 0.2) is 5.92 Å². The van der Waals surface area contributed by atoms with Gasteiger partial charge in [0.05, 0.1) is 0 Å². The first kappa shape index (κ1) is 13.1. The number of carboxylic acid groups (broad SMARTS) is 2. The number of hydrogen-bond acceptors (Lipinski definition) is 2. The Kier molecular flexibility index (Phi) is 4.02. The number of hydrogen-bond donors (Lipinski definition) is 2. The minimum Gasteiger partial charge on any atom is -0.480 e. The van der Waals surface area contributed by atoms with Crippen molar-refractivity contribution in [1.82, 2.24) is 0 Å². The van der Waals surface area contributed by atoms with Crippen LogP contribution >= 0.6 is 34.8 Å². The maximum absolute atomic E-state index is 10.8. The van der Waals surface area contributed by atoms with E-state index in [1.54, 1.807) is 0 Å². The molecule has 1 aromatic carbocycles. The van der Waals surface area contributed by atoms with Gasteiger partial charge in [0, 0.05) is 20.6 Å². The molecule has 1 rings (SSSR count). The van der Waals surface area contributed by atoms with Crippen molar-refractivity contribution in [3.63, 3.8) is 0 Å². The van der Waals surface area contributed by atoms with E-state index in [0.29, 0.717) is 0 Å². The van der Waals surface area contributed by atoms with Gasteiger partial charge in [0.2, 0.25) is 0 Å². The Hall–Kier alpha value is -0.970. The molecule has 0 spiro atoms. The van der Waals surface area contributed by atoms with Crippen LogP contribution in [0.3, 0.4) is 0 Å². The standard InChI is InChI=1S/C9H5Cl3O4/c10-3-1-4(11)6(5(12)2-3)7(8(13)14)9(15)16/h1-2,7H,(H,13,14)(H,15,16). The SMILES string of the molecule is O=C(O)C(C(=O)O)c1c(Cl)cc(Cl)cc1Cl. The van der Waals surface area contributed by atoms with Crippen LogP contribution in [-0.4, -0.2) is 22.2 Å². The fourth-order valence-corrected chi connectivity index (χ4v) is 2.22. The van der Waals surface area contributed by atoms with E-state index < -0.39 is 17.9 Å². The molecule has 1 aromatic rings. The average molecular weight is 283 g/mol. The lowest BCUT2D eigenvalue weighted by molar-refractivity contribution is -0.150. The van der Waals surface area contributed by atoms with Crippen LogP contribution in [-0.2, 0) is 9.59 Å². The first-order chi connectivity index (χ1) is 7.34. The number of benzene rings is 1. The van der Waals surface area contributed by atoms with Gasteiger partial charge in [-0.1, -0.05) is 34.8 Å². The second-order valence-electron chi connectivity index (χ2n) is 2.89. The van der Waals surface area contributed by atoms with Gasteiger partial charge in [0.25, 0.3) is 0 Å². The van der Waals surface area contributed by atoms with E-state index in [4.69, 9.17) is 45.0 Å². The van der Waals surface area contributed by atoms with Crippen LogP contribution in [0.25, 0.3) is 0 Å². The molecule has 0 aliphatic heterocycles. The highest BCUT2D eigenvalue weighted by molar-refractivity contribution is 6.40. The predicted octanol–water partition coefficient (Wildman–Crippen LogP) is 2.90. The number of carboxylic acids is 2. The van der Waals surface area contributed by atoms with Gasteiger partial charge in [-0.3, -0.25) is 9.59 Å². The van der Waals surface area contributed by atoms with Crippen molar-refractivity contribution in [2.45, 2.75) is 5.92 Å². The summed E-state index contributed by atoms with van der Waals surface area (Å²) in [7, 11) is 0. The molecule has 0 heterocycles. The lowest BCUT2D eigenvalue weighted by Crippen LogP contribution is -2.21. The number of halogens is 3. The third-order valence-electron chi connectivity index (χ3n) is 1.83. The molecule has 16 heavy (non-hydrogen) atoms. The summed E-state index contributed by atoms with van der Waals surface area (Å²) in [6.07, 6.45) is 0. The molecule has 4 nitrogen and oxygen atoms in total. The van der Waals surface area contributed by atoms with E-state index in [0.717, 1.165) is 0 Å². The zero-order valence-corrected chi connectivity index (χ0v) is 9.84. The summed E-state index contributed by atoms with van der Waals surface area (Å²) in [5, 5.41) is 17.6. The molecule has 0 saturated heterocycles. The second kappa shape index (κ2) is 4.91. The summed E-state index contributed by atoms with van der Waals surface area (Å²) >= 11 is 17.1. The van der Waals surface area contributed by atoms with Gasteiger partial charge >= 0.3 is 11.9 Å². The zero-order valence-electron chi connectivity index (χ0n) is 7.58. The van der Waals surface area contributed by atoms with E-state index in [1.807, 2.05) is 0 Å². The van der Waals surface area contributed by atoms with Gasteiger partial charge in [0.1, 0.15) is 0 Å². The normalized spacial score (nSPS) is 10.5. The first-order valence-electron chi connectivity index (χ1n) is 3.94. The average Bonchev–Trinajstić information content (AvgIpc) is 2.09. The quantitative estimate of drug-likeness (QED) is 0.836. The third kappa shape index (κ3) is 2.58. The van der Waals surface area contributed by atoms with Gasteiger partial charge in [-0.05, 0) is 12.1 Å². The van der Waals surface area contributed by atoms with Crippen LogP contribution in [0.2, 0.25) is 15.1 Å². The highest BCUT2D eigenvalue weighted by Gasteiger charge is 2.32. The Morgan fingerprint density at radius 3 is 1.69 bits per heavy atom. The van der Waals surface area contributed by atoms with Crippen molar-refractivity contribution in [2.24, 2.45) is 0 Å². The smallest absolute Gasteiger partial charge is 0.322 e. The minimum atomic E-state index is -1.81. The molecule has 0 amide bonds. The Labute approximate surface area is 105 Å². The summed E-state index contributed by atoms with van der Waals surface area (Å²) in [4.78, 5) is 21.6. The van der Waals surface area contributed by atoms with E-state index in [2.05, 4.69) is 0 Å². The van der Waals surface area contributed by atoms with Gasteiger partial charge in [-0.25, -0.2) is 0 Å². The molecular weight excluding hydrogens is 278 g/mol. The summed E-state index contributed by atoms with van der Waals surface area (Å²) < 4.78 is 0. The third-order valence-corrected chi connectivity index (χ3v) is 2.67. The summed E-state index contributed by atoms with van der Waals surface area (Å²) in [5.41, 5.74) is -0.173. The molecule has 86 valence electrons. The van der Waals surface area contributed by atoms with Crippen molar-refractivity contribution in [3.8, 4) is 0 Å². The van der Waals surface area contributed by atoms with Crippen molar-refractivity contribution < 1.29 is 19.8 Å². The van der Waals surface area contributed by atoms with Crippen molar-refractivity contribution in [1.29, 1.82) is 0 Å². The first-order valence-corrected chi connectivity index (χ1v) is 5.08. The molecule has 0 atom stereocenters. The molecule has 2 N–H and O–H groups in total. The van der Waals surface area contributed by atoms with Crippen molar-refractivity contribution in [2.75, 3.05) is 0 Å². The highest BCUT2D eigenvalue weighted by Crippen LogP contribution is 2.34. The van der Waals surface area contributed by atoms with Crippen molar-refractivity contribution in [3.05, 3.63) is 32.8 Å². The van der Waals surface area contributed by atoms with Gasteiger partial charge in [-0.2, -0.15) is 0 Å². The Bertz CT molecular complexity index is 421. The fraction of sp³-hybridized carbons (Fsp3) is 0.111.